The molecule has 0 saturated carbocycles. The van der Waals surface area contributed by atoms with Crippen molar-refractivity contribution < 1.29 is 9.84 Å². The van der Waals surface area contributed by atoms with Crippen LogP contribution in [0.15, 0.2) is 86.5 Å². The second-order valence-corrected chi connectivity index (χ2v) is 10.5. The van der Waals surface area contributed by atoms with Crippen LogP contribution < -0.4 is 4.74 Å². The Balaban J connectivity index is 1.13. The van der Waals surface area contributed by atoms with Crippen molar-refractivity contribution >= 4 is 37.9 Å². The molecule has 3 aliphatic rings. The Kier molecular flexibility index (Phi) is 5.90. The van der Waals surface area contributed by atoms with Crippen molar-refractivity contribution in [2.24, 2.45) is 0 Å². The first-order valence-electron chi connectivity index (χ1n) is 11.5. The van der Waals surface area contributed by atoms with Crippen molar-refractivity contribution in [3.63, 3.8) is 0 Å². The van der Waals surface area contributed by atoms with Gasteiger partial charge in [-0.25, -0.2) is 4.98 Å². The first kappa shape index (κ1) is 22.4. The van der Waals surface area contributed by atoms with Gasteiger partial charge in [0.1, 0.15) is 23.8 Å². The minimum atomic E-state index is 0.141. The molecule has 6 rings (SSSR count). The highest BCUT2D eigenvalue weighted by Crippen LogP contribution is 2.42. The molecular weight excluding hydrogens is 570 g/mol. The molecule has 1 aromatic heterocycles. The summed E-state index contributed by atoms with van der Waals surface area (Å²) in [7, 11) is 0. The lowest BCUT2D eigenvalue weighted by Crippen LogP contribution is -2.04. The van der Waals surface area contributed by atoms with Crippen LogP contribution in [-0.2, 0) is 6.61 Å². The summed E-state index contributed by atoms with van der Waals surface area (Å²) in [5.74, 6) is 1.74. The lowest BCUT2D eigenvalue weighted by Gasteiger charge is -2.19. The van der Waals surface area contributed by atoms with Gasteiger partial charge in [0.25, 0.3) is 0 Å². The van der Waals surface area contributed by atoms with E-state index < -0.39 is 0 Å². The number of phenols is 1. The summed E-state index contributed by atoms with van der Waals surface area (Å²) < 4.78 is 7.11. The zero-order chi connectivity index (χ0) is 23.9. The van der Waals surface area contributed by atoms with E-state index in [9.17, 15) is 5.11 Å². The number of hydrogen-bond donors (Lipinski definition) is 1. The minimum Gasteiger partial charge on any atom is -0.506 e. The SMILES string of the molecule is Oc1c(Br)cc(-c2cnc(COc3ccc4c(c3)C=CC4C3=CCC4=CCCC4=C3)nn2)cc1Br. The molecule has 0 aliphatic heterocycles. The van der Waals surface area contributed by atoms with E-state index in [4.69, 9.17) is 4.74 Å². The van der Waals surface area contributed by atoms with Crippen LogP contribution in [-0.4, -0.2) is 20.3 Å². The first-order valence-corrected chi connectivity index (χ1v) is 13.1. The van der Waals surface area contributed by atoms with Gasteiger partial charge in [-0.1, -0.05) is 36.4 Å². The van der Waals surface area contributed by atoms with Crippen molar-refractivity contribution in [3.05, 3.63) is 103 Å². The number of fused-ring (bicyclic) bond motifs is 2. The fourth-order valence-electron chi connectivity index (χ4n) is 4.80. The molecule has 3 aromatic rings. The quantitative estimate of drug-likeness (QED) is 0.334. The highest BCUT2D eigenvalue weighted by molar-refractivity contribution is 9.11. The van der Waals surface area contributed by atoms with Crippen LogP contribution in [0.2, 0.25) is 0 Å². The molecule has 0 fully saturated rings. The highest BCUT2D eigenvalue weighted by atomic mass is 79.9. The van der Waals surface area contributed by atoms with Crippen LogP contribution in [0.4, 0.5) is 0 Å². The summed E-state index contributed by atoms with van der Waals surface area (Å²) in [5.41, 5.74) is 8.32. The molecule has 2 aromatic carbocycles. The number of phenolic OH excluding ortho intramolecular Hbond substituents is 1. The summed E-state index contributed by atoms with van der Waals surface area (Å²) in [6, 6.07) is 9.81. The largest absolute Gasteiger partial charge is 0.506 e. The molecule has 0 amide bonds. The van der Waals surface area contributed by atoms with Gasteiger partial charge < -0.3 is 9.84 Å². The Morgan fingerprint density at radius 3 is 2.69 bits per heavy atom. The normalized spacial score (nSPS) is 18.0. The number of hydrogen-bond acceptors (Lipinski definition) is 5. The van der Waals surface area contributed by atoms with Crippen LogP contribution >= 0.6 is 31.9 Å². The van der Waals surface area contributed by atoms with Gasteiger partial charge in [-0.05, 0) is 103 Å². The number of halogens is 2. The summed E-state index contributed by atoms with van der Waals surface area (Å²) in [6.07, 6.45) is 16.7. The third-order valence-electron chi connectivity index (χ3n) is 6.63. The van der Waals surface area contributed by atoms with Gasteiger partial charge in [0.15, 0.2) is 5.82 Å². The monoisotopic (exact) mass is 589 g/mol. The van der Waals surface area contributed by atoms with E-state index in [2.05, 4.69) is 89.6 Å². The van der Waals surface area contributed by atoms with E-state index in [0.717, 1.165) is 17.7 Å². The van der Waals surface area contributed by atoms with Crippen molar-refractivity contribution in [2.45, 2.75) is 31.8 Å². The Labute approximate surface area is 220 Å². The number of aromatic hydroxyl groups is 1. The van der Waals surface area contributed by atoms with E-state index in [1.54, 1.807) is 18.3 Å². The average Bonchev–Trinajstić information content (AvgIpc) is 3.52. The number of aromatic nitrogens is 3. The van der Waals surface area contributed by atoms with Gasteiger partial charge in [-0.2, -0.15) is 0 Å². The van der Waals surface area contributed by atoms with Gasteiger partial charge in [0.2, 0.25) is 0 Å². The number of ether oxygens (including phenoxy) is 1. The van der Waals surface area contributed by atoms with Crippen LogP contribution in [0.3, 0.4) is 0 Å². The predicted molar refractivity (Wildman–Crippen MR) is 143 cm³/mol. The number of nitrogens with zero attached hydrogens (tertiary/aromatic N) is 3. The van der Waals surface area contributed by atoms with Crippen LogP contribution in [0.1, 0.15) is 42.1 Å². The number of benzene rings is 2. The molecule has 1 heterocycles. The zero-order valence-electron chi connectivity index (χ0n) is 18.7. The molecule has 3 aliphatic carbocycles. The number of rotatable bonds is 5. The molecule has 5 nitrogen and oxygen atoms in total. The van der Waals surface area contributed by atoms with Gasteiger partial charge >= 0.3 is 0 Å². The van der Waals surface area contributed by atoms with Crippen LogP contribution in [0, 0.1) is 0 Å². The third-order valence-corrected chi connectivity index (χ3v) is 7.83. The molecule has 0 saturated heterocycles. The maximum absolute atomic E-state index is 9.90. The molecule has 174 valence electrons. The van der Waals surface area contributed by atoms with E-state index in [-0.39, 0.29) is 12.4 Å². The Morgan fingerprint density at radius 1 is 1.03 bits per heavy atom. The number of allylic oxidation sites excluding steroid dienone is 7. The molecular formula is C28H21Br2N3O2. The van der Waals surface area contributed by atoms with E-state index in [0.29, 0.717) is 26.4 Å². The first-order chi connectivity index (χ1) is 17.0. The van der Waals surface area contributed by atoms with Gasteiger partial charge in [-0.3, -0.25) is 0 Å². The second-order valence-electron chi connectivity index (χ2n) is 8.81. The molecule has 0 radical (unpaired) electrons. The fourth-order valence-corrected chi connectivity index (χ4v) is 5.99. The van der Waals surface area contributed by atoms with E-state index >= 15 is 0 Å². The second kappa shape index (κ2) is 9.21. The molecule has 0 spiro atoms. The smallest absolute Gasteiger partial charge is 0.188 e. The summed E-state index contributed by atoms with van der Waals surface area (Å²) in [4.78, 5) is 4.40. The molecule has 0 bridgehead atoms. The molecule has 1 atom stereocenters. The molecule has 1 unspecified atom stereocenters. The standard InChI is InChI=1S/C28H21Br2N3O2/c29-24-12-20(13-25(30)28(24)34)26-14-31-27(33-32-26)15-35-21-7-9-23-19(11-21)6-8-22(23)18-5-4-16-2-1-3-17(16)10-18/h2,5-14,22,34H,1,3-4,15H2. The van der Waals surface area contributed by atoms with Crippen LogP contribution in [0.5, 0.6) is 11.5 Å². The van der Waals surface area contributed by atoms with Crippen molar-refractivity contribution in [1.82, 2.24) is 15.2 Å². The third kappa shape index (κ3) is 4.39. The van der Waals surface area contributed by atoms with Gasteiger partial charge in [0.05, 0.1) is 15.1 Å². The van der Waals surface area contributed by atoms with Crippen molar-refractivity contribution in [1.29, 1.82) is 0 Å². The Morgan fingerprint density at radius 2 is 1.89 bits per heavy atom. The average molecular weight is 591 g/mol. The predicted octanol–water partition coefficient (Wildman–Crippen LogP) is 7.44. The zero-order valence-corrected chi connectivity index (χ0v) is 21.9. The minimum absolute atomic E-state index is 0.141. The maximum Gasteiger partial charge on any atom is 0.188 e. The molecule has 1 N–H and O–H groups in total. The molecule has 7 heteroatoms. The van der Waals surface area contributed by atoms with Crippen molar-refractivity contribution in [3.8, 4) is 22.8 Å². The van der Waals surface area contributed by atoms with E-state index in [1.807, 2.05) is 6.07 Å². The fraction of sp³-hybridized carbons (Fsp3) is 0.179. The summed E-state index contributed by atoms with van der Waals surface area (Å²) in [5, 5.41) is 18.4. The Bertz CT molecular complexity index is 1430. The van der Waals surface area contributed by atoms with E-state index in [1.165, 1.54) is 40.7 Å². The van der Waals surface area contributed by atoms with Gasteiger partial charge in [0, 0.05) is 11.5 Å². The Hall–Kier alpha value is -3.03. The summed E-state index contributed by atoms with van der Waals surface area (Å²) in [6.45, 7) is 0.231. The van der Waals surface area contributed by atoms with Crippen molar-refractivity contribution in [2.75, 3.05) is 0 Å². The highest BCUT2D eigenvalue weighted by Gasteiger charge is 2.24. The maximum atomic E-state index is 9.90. The summed E-state index contributed by atoms with van der Waals surface area (Å²) >= 11 is 6.67. The lowest BCUT2D eigenvalue weighted by atomic mass is 9.86. The molecule has 35 heavy (non-hydrogen) atoms. The topological polar surface area (TPSA) is 68.1 Å². The van der Waals surface area contributed by atoms with Crippen LogP contribution in [0.25, 0.3) is 17.3 Å². The van der Waals surface area contributed by atoms with Gasteiger partial charge in [-0.15, -0.1) is 10.2 Å². The lowest BCUT2D eigenvalue weighted by molar-refractivity contribution is 0.294.